The van der Waals surface area contributed by atoms with Gasteiger partial charge in [-0.25, -0.2) is 0 Å². The molecule has 0 saturated heterocycles. The van der Waals surface area contributed by atoms with E-state index < -0.39 is 11.9 Å². The van der Waals surface area contributed by atoms with Crippen molar-refractivity contribution in [2.24, 2.45) is 0 Å². The fraction of sp³-hybridized carbons (Fsp3) is 0.263. The molecule has 1 amide bonds. The lowest BCUT2D eigenvalue weighted by molar-refractivity contribution is -0.143. The average Bonchev–Trinajstić information content (AvgIpc) is 2.69. The molecule has 150 valence electrons. The van der Waals surface area contributed by atoms with E-state index in [4.69, 9.17) is 42.1 Å². The number of carbonyl (C=O) groups excluding carboxylic acids is 2. The Labute approximate surface area is 172 Å². The quantitative estimate of drug-likeness (QED) is 0.649. The van der Waals surface area contributed by atoms with Gasteiger partial charge in [0, 0.05) is 21.2 Å². The number of hydrogen-bond donors (Lipinski definition) is 1. The average molecular weight is 428 g/mol. The van der Waals surface area contributed by atoms with Crippen LogP contribution in [0, 0.1) is 0 Å². The lowest BCUT2D eigenvalue weighted by Gasteiger charge is -2.14. The summed E-state index contributed by atoms with van der Waals surface area (Å²) in [5, 5.41) is 3.35. The summed E-state index contributed by atoms with van der Waals surface area (Å²) in [5.74, 6) is -0.104. The molecule has 0 aliphatic carbocycles. The zero-order valence-electron chi connectivity index (χ0n) is 15.5. The maximum absolute atomic E-state index is 12.3. The number of amides is 1. The van der Waals surface area contributed by atoms with Crippen molar-refractivity contribution >= 4 is 35.1 Å². The summed E-state index contributed by atoms with van der Waals surface area (Å²) in [4.78, 5) is 24.2. The highest BCUT2D eigenvalue weighted by Gasteiger charge is 2.17. The Morgan fingerprint density at radius 3 is 2.14 bits per heavy atom. The SMILES string of the molecule is COc1cc(C(=O)NCC(=O)OCc2ccc(Cl)cc2Cl)cc(OC)c1OC. The number of methoxy groups -OCH3 is 3. The molecule has 0 saturated carbocycles. The van der Waals surface area contributed by atoms with Crippen LogP contribution in [-0.4, -0.2) is 39.8 Å². The van der Waals surface area contributed by atoms with Gasteiger partial charge in [-0.1, -0.05) is 29.3 Å². The Balaban J connectivity index is 1.96. The van der Waals surface area contributed by atoms with Gasteiger partial charge in [0.25, 0.3) is 5.91 Å². The zero-order chi connectivity index (χ0) is 20.7. The van der Waals surface area contributed by atoms with Crippen LogP contribution < -0.4 is 19.5 Å². The van der Waals surface area contributed by atoms with Gasteiger partial charge in [0.2, 0.25) is 5.75 Å². The second-order valence-electron chi connectivity index (χ2n) is 5.49. The van der Waals surface area contributed by atoms with Crippen LogP contribution in [0.15, 0.2) is 30.3 Å². The van der Waals surface area contributed by atoms with Gasteiger partial charge < -0.3 is 24.3 Å². The van der Waals surface area contributed by atoms with E-state index in [1.165, 1.54) is 33.5 Å². The van der Waals surface area contributed by atoms with E-state index in [9.17, 15) is 9.59 Å². The zero-order valence-corrected chi connectivity index (χ0v) is 17.0. The van der Waals surface area contributed by atoms with Gasteiger partial charge in [-0.15, -0.1) is 0 Å². The minimum absolute atomic E-state index is 0.0328. The Morgan fingerprint density at radius 1 is 0.964 bits per heavy atom. The van der Waals surface area contributed by atoms with Crippen LogP contribution in [0.25, 0.3) is 0 Å². The lowest BCUT2D eigenvalue weighted by atomic mass is 10.1. The normalized spacial score (nSPS) is 10.2. The maximum atomic E-state index is 12.3. The number of benzene rings is 2. The predicted molar refractivity (Wildman–Crippen MR) is 105 cm³/mol. The van der Waals surface area contributed by atoms with Crippen molar-refractivity contribution in [3.05, 3.63) is 51.5 Å². The third kappa shape index (κ3) is 5.43. The molecule has 0 atom stereocenters. The molecule has 0 fully saturated rings. The first-order valence-corrected chi connectivity index (χ1v) is 8.83. The van der Waals surface area contributed by atoms with Gasteiger partial charge in [-0.05, 0) is 24.3 Å². The first-order valence-electron chi connectivity index (χ1n) is 8.07. The van der Waals surface area contributed by atoms with E-state index >= 15 is 0 Å². The van der Waals surface area contributed by atoms with Crippen LogP contribution >= 0.6 is 23.2 Å². The number of carbonyl (C=O) groups is 2. The third-order valence-electron chi connectivity index (χ3n) is 3.72. The molecule has 0 unspecified atom stereocenters. The molecule has 0 radical (unpaired) electrons. The summed E-state index contributed by atoms with van der Waals surface area (Å²) in [6.07, 6.45) is 0. The van der Waals surface area contributed by atoms with E-state index in [1.807, 2.05) is 0 Å². The van der Waals surface area contributed by atoms with Crippen molar-refractivity contribution in [3.63, 3.8) is 0 Å². The lowest BCUT2D eigenvalue weighted by Crippen LogP contribution is -2.30. The Bertz CT molecular complexity index is 846. The highest BCUT2D eigenvalue weighted by molar-refractivity contribution is 6.35. The molecule has 0 bridgehead atoms. The molecule has 0 heterocycles. The number of rotatable bonds is 8. The molecule has 9 heteroatoms. The van der Waals surface area contributed by atoms with Crippen molar-refractivity contribution in [2.75, 3.05) is 27.9 Å². The number of ether oxygens (including phenoxy) is 4. The van der Waals surface area contributed by atoms with Gasteiger partial charge >= 0.3 is 5.97 Å². The molecule has 0 spiro atoms. The molecule has 2 rings (SSSR count). The van der Waals surface area contributed by atoms with Crippen molar-refractivity contribution in [3.8, 4) is 17.2 Å². The molecule has 0 aliphatic heterocycles. The summed E-state index contributed by atoms with van der Waals surface area (Å²) in [5.41, 5.74) is 0.846. The topological polar surface area (TPSA) is 83.1 Å². The van der Waals surface area contributed by atoms with Crippen molar-refractivity contribution in [2.45, 2.75) is 6.61 Å². The maximum Gasteiger partial charge on any atom is 0.325 e. The van der Waals surface area contributed by atoms with Gasteiger partial charge in [0.15, 0.2) is 11.5 Å². The van der Waals surface area contributed by atoms with E-state index in [2.05, 4.69) is 5.32 Å². The summed E-state index contributed by atoms with van der Waals surface area (Å²) in [6.45, 7) is -0.352. The molecule has 0 aromatic heterocycles. The van der Waals surface area contributed by atoms with E-state index in [1.54, 1.807) is 18.2 Å². The van der Waals surface area contributed by atoms with E-state index in [0.717, 1.165) is 0 Å². The van der Waals surface area contributed by atoms with Crippen LogP contribution in [-0.2, 0) is 16.1 Å². The van der Waals surface area contributed by atoms with Crippen molar-refractivity contribution in [1.29, 1.82) is 0 Å². The first-order chi connectivity index (χ1) is 13.4. The highest BCUT2D eigenvalue weighted by Crippen LogP contribution is 2.38. The molecule has 28 heavy (non-hydrogen) atoms. The predicted octanol–water partition coefficient (Wildman–Crippen LogP) is 3.49. The number of hydrogen-bond acceptors (Lipinski definition) is 6. The largest absolute Gasteiger partial charge is 0.493 e. The minimum atomic E-state index is -0.619. The van der Waals surface area contributed by atoms with Crippen LogP contribution in [0.5, 0.6) is 17.2 Å². The molecule has 0 aliphatic rings. The fourth-order valence-corrected chi connectivity index (χ4v) is 2.78. The van der Waals surface area contributed by atoms with Crippen LogP contribution in [0.1, 0.15) is 15.9 Å². The van der Waals surface area contributed by atoms with Crippen molar-refractivity contribution < 1.29 is 28.5 Å². The highest BCUT2D eigenvalue weighted by atomic mass is 35.5. The number of esters is 1. The molecule has 2 aromatic carbocycles. The third-order valence-corrected chi connectivity index (χ3v) is 4.31. The number of nitrogens with one attached hydrogen (secondary N) is 1. The summed E-state index contributed by atoms with van der Waals surface area (Å²) < 4.78 is 20.7. The Morgan fingerprint density at radius 2 is 1.61 bits per heavy atom. The fourth-order valence-electron chi connectivity index (χ4n) is 2.31. The molecular formula is C19H19Cl2NO6. The minimum Gasteiger partial charge on any atom is -0.493 e. The van der Waals surface area contributed by atoms with Crippen LogP contribution in [0.3, 0.4) is 0 Å². The van der Waals surface area contributed by atoms with Gasteiger partial charge in [-0.3, -0.25) is 9.59 Å². The Hall–Kier alpha value is -2.64. The second-order valence-corrected chi connectivity index (χ2v) is 6.34. The van der Waals surface area contributed by atoms with Crippen LogP contribution in [0.2, 0.25) is 10.0 Å². The molecular weight excluding hydrogens is 409 g/mol. The second kappa shape index (κ2) is 10.1. The smallest absolute Gasteiger partial charge is 0.325 e. The molecule has 1 N–H and O–H groups in total. The first kappa shape index (κ1) is 21.7. The molecule has 7 nitrogen and oxygen atoms in total. The Kier molecular flexibility index (Phi) is 7.78. The monoisotopic (exact) mass is 427 g/mol. The van der Waals surface area contributed by atoms with Crippen molar-refractivity contribution in [1.82, 2.24) is 5.32 Å². The van der Waals surface area contributed by atoms with E-state index in [0.29, 0.717) is 32.9 Å². The summed E-state index contributed by atoms with van der Waals surface area (Å²) >= 11 is 11.8. The number of halogens is 2. The van der Waals surface area contributed by atoms with Gasteiger partial charge in [0.05, 0.1) is 21.3 Å². The van der Waals surface area contributed by atoms with Gasteiger partial charge in [-0.2, -0.15) is 0 Å². The van der Waals surface area contributed by atoms with Crippen LogP contribution in [0.4, 0.5) is 0 Å². The molecule has 2 aromatic rings. The van der Waals surface area contributed by atoms with Gasteiger partial charge in [0.1, 0.15) is 13.2 Å². The standard InChI is InChI=1S/C19H19Cl2NO6/c1-25-15-6-12(7-16(26-2)18(15)27-3)19(24)22-9-17(23)28-10-11-4-5-13(20)8-14(11)21/h4-8H,9-10H2,1-3H3,(H,22,24). The summed E-state index contributed by atoms with van der Waals surface area (Å²) in [6, 6.07) is 7.82. The summed E-state index contributed by atoms with van der Waals surface area (Å²) in [7, 11) is 4.35. The van der Waals surface area contributed by atoms with E-state index in [-0.39, 0.29) is 18.7 Å².